The summed E-state index contributed by atoms with van der Waals surface area (Å²) < 4.78 is 9.40. The van der Waals surface area contributed by atoms with Crippen molar-refractivity contribution in [3.63, 3.8) is 0 Å². The average Bonchev–Trinajstić information content (AvgIpc) is 2.93. The predicted octanol–water partition coefficient (Wildman–Crippen LogP) is 3.18. The third-order valence-electron chi connectivity index (χ3n) is 4.11. The molecule has 6 nitrogen and oxygen atoms in total. The van der Waals surface area contributed by atoms with E-state index in [1.165, 1.54) is 14.9 Å². The molecule has 3 aromatic rings. The highest BCUT2D eigenvalue weighted by Crippen LogP contribution is 2.28. The van der Waals surface area contributed by atoms with Crippen molar-refractivity contribution in [3.8, 4) is 11.4 Å². The Hall–Kier alpha value is -2.41. The molecule has 0 saturated carbocycles. The second-order valence-electron chi connectivity index (χ2n) is 5.78. The Morgan fingerprint density at radius 1 is 1.20 bits per heavy atom. The second-order valence-corrected chi connectivity index (χ2v) is 6.63. The summed E-state index contributed by atoms with van der Waals surface area (Å²) in [6.45, 7) is 4.43. The fourth-order valence-electron chi connectivity index (χ4n) is 2.57. The van der Waals surface area contributed by atoms with Crippen LogP contribution in [0, 0.1) is 6.92 Å². The minimum Gasteiger partial charge on any atom is -0.488 e. The lowest BCUT2D eigenvalue weighted by molar-refractivity contribution is 0.302. The van der Waals surface area contributed by atoms with Crippen LogP contribution in [-0.4, -0.2) is 19.8 Å². The molecule has 0 atom stereocenters. The van der Waals surface area contributed by atoms with E-state index in [4.69, 9.17) is 4.74 Å². The van der Waals surface area contributed by atoms with Crippen LogP contribution in [0.15, 0.2) is 45.7 Å². The molecule has 0 bridgehead atoms. The number of hydrogen-bond donors (Lipinski definition) is 0. The first-order chi connectivity index (χ1) is 12.0. The number of aryl methyl sites for hydroxylation is 3. The van der Waals surface area contributed by atoms with Crippen LogP contribution < -0.4 is 10.4 Å². The maximum absolute atomic E-state index is 12.2. The predicted molar refractivity (Wildman–Crippen MR) is 99.2 cm³/mol. The molecule has 0 unspecified atom stereocenters. The molecule has 0 N–H and O–H groups in total. The Bertz CT molecular complexity index is 962. The fraction of sp³-hybridized carbons (Fsp3) is 0.278. The van der Waals surface area contributed by atoms with Gasteiger partial charge in [0.2, 0.25) is 0 Å². The minimum atomic E-state index is -0.291. The normalized spacial score (nSPS) is 10.9. The topological polar surface area (TPSA) is 61.9 Å². The highest BCUT2D eigenvalue weighted by molar-refractivity contribution is 9.10. The van der Waals surface area contributed by atoms with Crippen molar-refractivity contribution in [1.82, 2.24) is 19.8 Å². The first kappa shape index (κ1) is 17.4. The molecule has 0 aliphatic rings. The van der Waals surface area contributed by atoms with Gasteiger partial charge in [-0.2, -0.15) is 9.36 Å². The van der Waals surface area contributed by atoms with Gasteiger partial charge in [0.25, 0.3) is 0 Å². The highest BCUT2D eigenvalue weighted by Gasteiger charge is 2.14. The molecule has 3 rings (SSSR count). The number of halogens is 1. The lowest BCUT2D eigenvalue weighted by Crippen LogP contribution is -2.23. The Morgan fingerprint density at radius 2 is 2.00 bits per heavy atom. The molecule has 0 saturated heterocycles. The van der Waals surface area contributed by atoms with Gasteiger partial charge in [0.05, 0.1) is 10.2 Å². The fourth-order valence-corrected chi connectivity index (χ4v) is 3.11. The summed E-state index contributed by atoms with van der Waals surface area (Å²) in [5.41, 5.74) is 3.55. The number of rotatable bonds is 5. The van der Waals surface area contributed by atoms with Crippen LogP contribution in [0.5, 0.6) is 5.75 Å². The van der Waals surface area contributed by atoms with Crippen LogP contribution in [0.1, 0.15) is 23.6 Å². The van der Waals surface area contributed by atoms with Crippen LogP contribution in [0.3, 0.4) is 0 Å². The largest absolute Gasteiger partial charge is 0.488 e. The van der Waals surface area contributed by atoms with E-state index in [9.17, 15) is 4.79 Å². The SMILES string of the molecule is CCc1ccc(OCc2c(C)cccc2-n2nnn(C)c2=O)c(Br)c1. The van der Waals surface area contributed by atoms with Crippen molar-refractivity contribution in [2.75, 3.05) is 0 Å². The molecule has 2 aromatic carbocycles. The molecule has 0 fully saturated rings. The number of ether oxygens (including phenoxy) is 1. The third-order valence-corrected chi connectivity index (χ3v) is 4.73. The maximum atomic E-state index is 12.2. The Balaban J connectivity index is 1.93. The monoisotopic (exact) mass is 402 g/mol. The number of benzene rings is 2. The Kier molecular flexibility index (Phi) is 5.03. The van der Waals surface area contributed by atoms with E-state index in [1.54, 1.807) is 7.05 Å². The van der Waals surface area contributed by atoms with Crippen LogP contribution in [-0.2, 0) is 20.1 Å². The molecule has 25 heavy (non-hydrogen) atoms. The molecule has 0 spiro atoms. The average molecular weight is 403 g/mol. The van der Waals surface area contributed by atoms with Gasteiger partial charge in [-0.15, -0.1) is 0 Å². The number of nitrogens with zero attached hydrogens (tertiary/aromatic N) is 4. The molecule has 0 radical (unpaired) electrons. The van der Waals surface area contributed by atoms with Crippen LogP contribution in [0.4, 0.5) is 0 Å². The van der Waals surface area contributed by atoms with Gasteiger partial charge >= 0.3 is 5.69 Å². The van der Waals surface area contributed by atoms with Gasteiger partial charge < -0.3 is 4.74 Å². The summed E-state index contributed by atoms with van der Waals surface area (Å²) >= 11 is 3.55. The molecule has 0 aliphatic carbocycles. The first-order valence-electron chi connectivity index (χ1n) is 8.00. The van der Waals surface area contributed by atoms with Crippen molar-refractivity contribution in [2.45, 2.75) is 26.9 Å². The summed E-state index contributed by atoms with van der Waals surface area (Å²) in [5.74, 6) is 0.762. The number of aromatic nitrogens is 4. The molecule has 130 valence electrons. The van der Waals surface area contributed by atoms with Crippen LogP contribution in [0.25, 0.3) is 5.69 Å². The second kappa shape index (κ2) is 7.23. The quantitative estimate of drug-likeness (QED) is 0.657. The van der Waals surface area contributed by atoms with Crippen molar-refractivity contribution in [3.05, 3.63) is 68.0 Å². The highest BCUT2D eigenvalue weighted by atomic mass is 79.9. The van der Waals surface area contributed by atoms with Crippen molar-refractivity contribution in [2.24, 2.45) is 7.05 Å². The Labute approximate surface area is 154 Å². The van der Waals surface area contributed by atoms with Gasteiger partial charge in [-0.25, -0.2) is 4.79 Å². The summed E-state index contributed by atoms with van der Waals surface area (Å²) in [6, 6.07) is 11.8. The van der Waals surface area contributed by atoms with E-state index in [0.717, 1.165) is 27.8 Å². The van der Waals surface area contributed by atoms with Gasteiger partial charge in [0, 0.05) is 12.6 Å². The Morgan fingerprint density at radius 3 is 2.64 bits per heavy atom. The molecule has 7 heteroatoms. The number of hydrogen-bond acceptors (Lipinski definition) is 4. The minimum absolute atomic E-state index is 0.291. The lowest BCUT2D eigenvalue weighted by atomic mass is 10.1. The summed E-state index contributed by atoms with van der Waals surface area (Å²) in [4.78, 5) is 12.2. The van der Waals surface area contributed by atoms with Crippen LogP contribution >= 0.6 is 15.9 Å². The first-order valence-corrected chi connectivity index (χ1v) is 8.79. The zero-order chi connectivity index (χ0) is 18.0. The van der Waals surface area contributed by atoms with Gasteiger partial charge in [-0.1, -0.05) is 25.1 Å². The van der Waals surface area contributed by atoms with Gasteiger partial charge in [0.15, 0.2) is 0 Å². The molecular weight excluding hydrogens is 384 g/mol. The third kappa shape index (κ3) is 3.51. The maximum Gasteiger partial charge on any atom is 0.368 e. The standard InChI is InChI=1S/C18H19BrN4O2/c1-4-13-8-9-17(15(19)10-13)25-11-14-12(2)6-5-7-16(14)23-18(24)22(3)20-21-23/h5-10H,4,11H2,1-3H3. The molecule has 0 amide bonds. The molecule has 1 aromatic heterocycles. The zero-order valence-electron chi connectivity index (χ0n) is 14.4. The van der Waals surface area contributed by atoms with Gasteiger partial charge in [0.1, 0.15) is 12.4 Å². The summed E-state index contributed by atoms with van der Waals surface area (Å²) in [6.07, 6.45) is 0.969. The van der Waals surface area contributed by atoms with Crippen molar-refractivity contribution < 1.29 is 4.74 Å². The van der Waals surface area contributed by atoms with E-state index < -0.39 is 0 Å². The molecular formula is C18H19BrN4O2. The van der Waals surface area contributed by atoms with Gasteiger partial charge in [-0.05, 0) is 69.0 Å². The van der Waals surface area contributed by atoms with E-state index in [1.807, 2.05) is 37.3 Å². The van der Waals surface area contributed by atoms with E-state index in [2.05, 4.69) is 39.3 Å². The van der Waals surface area contributed by atoms with Crippen LogP contribution in [0.2, 0.25) is 0 Å². The van der Waals surface area contributed by atoms with Gasteiger partial charge in [-0.3, -0.25) is 0 Å². The zero-order valence-corrected chi connectivity index (χ0v) is 15.9. The van der Waals surface area contributed by atoms with Crippen molar-refractivity contribution in [1.29, 1.82) is 0 Å². The molecule has 0 aliphatic heterocycles. The lowest BCUT2D eigenvalue weighted by Gasteiger charge is -2.14. The van der Waals surface area contributed by atoms with E-state index in [0.29, 0.717) is 12.3 Å². The number of tetrazole rings is 1. The van der Waals surface area contributed by atoms with E-state index in [-0.39, 0.29) is 5.69 Å². The smallest absolute Gasteiger partial charge is 0.368 e. The van der Waals surface area contributed by atoms with E-state index >= 15 is 0 Å². The summed E-state index contributed by atoms with van der Waals surface area (Å²) in [7, 11) is 1.57. The molecule has 1 heterocycles. The summed E-state index contributed by atoms with van der Waals surface area (Å²) in [5, 5.41) is 7.72. The van der Waals surface area contributed by atoms with Crippen molar-refractivity contribution >= 4 is 15.9 Å².